The van der Waals surface area contributed by atoms with Gasteiger partial charge in [-0.25, -0.2) is 15.0 Å². The SMILES string of the molecule is C1=CC2Sc3cccc(-c4ccc(-c5nc(-c6ccccc6-c6ccccc6)nc(-c6cccc7c6oc6ccccc67)n5)cc4)c3C2C=C1. The molecule has 4 nitrogen and oxygen atoms in total. The monoisotopic (exact) mass is 659 g/mol. The summed E-state index contributed by atoms with van der Waals surface area (Å²) in [5.74, 6) is 2.18. The molecule has 2 atom stereocenters. The number of aromatic nitrogens is 3. The van der Waals surface area contributed by atoms with Crippen molar-refractivity contribution >= 4 is 33.7 Å². The van der Waals surface area contributed by atoms with Gasteiger partial charge in [0.15, 0.2) is 17.5 Å². The average molecular weight is 660 g/mol. The van der Waals surface area contributed by atoms with Gasteiger partial charge in [-0.05, 0) is 46.0 Å². The minimum atomic E-state index is 0.384. The maximum atomic E-state index is 6.45. The molecule has 0 fully saturated rings. The average Bonchev–Trinajstić information content (AvgIpc) is 3.77. The van der Waals surface area contributed by atoms with Crippen LogP contribution in [-0.4, -0.2) is 20.2 Å². The number of thioether (sulfide) groups is 1. The van der Waals surface area contributed by atoms with Crippen molar-refractivity contribution in [1.82, 2.24) is 15.0 Å². The van der Waals surface area contributed by atoms with Gasteiger partial charge in [-0.1, -0.05) is 146 Å². The van der Waals surface area contributed by atoms with Gasteiger partial charge in [0.25, 0.3) is 0 Å². The lowest BCUT2D eigenvalue weighted by atomic mass is 9.86. The Morgan fingerprint density at radius 2 is 1.08 bits per heavy atom. The van der Waals surface area contributed by atoms with Crippen molar-refractivity contribution in [1.29, 1.82) is 0 Å². The molecule has 0 radical (unpaired) electrons. The first-order valence-corrected chi connectivity index (χ1v) is 17.7. The summed E-state index contributed by atoms with van der Waals surface area (Å²) in [4.78, 5) is 16.8. The summed E-state index contributed by atoms with van der Waals surface area (Å²) >= 11 is 1.96. The number of nitrogens with zero attached hydrogens (tertiary/aromatic N) is 3. The number of para-hydroxylation sites is 2. The van der Waals surface area contributed by atoms with Gasteiger partial charge in [0, 0.05) is 38.0 Å². The molecule has 5 heteroatoms. The maximum Gasteiger partial charge on any atom is 0.167 e. The van der Waals surface area contributed by atoms with Crippen LogP contribution in [-0.2, 0) is 0 Å². The van der Waals surface area contributed by atoms with E-state index in [-0.39, 0.29) is 0 Å². The van der Waals surface area contributed by atoms with Crippen LogP contribution in [0.15, 0.2) is 173 Å². The summed E-state index contributed by atoms with van der Waals surface area (Å²) in [5, 5.41) is 2.56. The van der Waals surface area contributed by atoms with E-state index in [1.54, 1.807) is 0 Å². The molecule has 0 bridgehead atoms. The Bertz CT molecular complexity index is 2640. The summed E-state index contributed by atoms with van der Waals surface area (Å²) in [6, 6.07) is 48.4. The first kappa shape index (κ1) is 28.9. The Kier molecular flexibility index (Phi) is 6.84. The van der Waals surface area contributed by atoms with Crippen molar-refractivity contribution in [3.63, 3.8) is 0 Å². The lowest BCUT2D eigenvalue weighted by Gasteiger charge is -2.18. The second-order valence-corrected chi connectivity index (χ2v) is 13.9. The van der Waals surface area contributed by atoms with E-state index in [1.165, 1.54) is 21.6 Å². The molecule has 10 rings (SSSR count). The Balaban J connectivity index is 1.13. The molecule has 50 heavy (non-hydrogen) atoms. The van der Waals surface area contributed by atoms with Gasteiger partial charge in [0.1, 0.15) is 11.2 Å². The van der Waals surface area contributed by atoms with Crippen molar-refractivity contribution in [2.24, 2.45) is 0 Å². The van der Waals surface area contributed by atoms with Crippen molar-refractivity contribution < 1.29 is 4.42 Å². The van der Waals surface area contributed by atoms with E-state index in [1.807, 2.05) is 54.2 Å². The highest BCUT2D eigenvalue weighted by atomic mass is 32.2. The van der Waals surface area contributed by atoms with Gasteiger partial charge in [0.05, 0.1) is 5.56 Å². The van der Waals surface area contributed by atoms with Crippen LogP contribution >= 0.6 is 11.8 Å². The van der Waals surface area contributed by atoms with Crippen LogP contribution in [0.5, 0.6) is 0 Å². The van der Waals surface area contributed by atoms with E-state index in [2.05, 4.69) is 121 Å². The van der Waals surface area contributed by atoms with Crippen molar-refractivity contribution in [3.8, 4) is 56.4 Å². The third-order valence-corrected chi connectivity index (χ3v) is 11.1. The van der Waals surface area contributed by atoms with Gasteiger partial charge in [-0.15, -0.1) is 11.8 Å². The fourth-order valence-electron chi connectivity index (χ4n) is 7.36. The van der Waals surface area contributed by atoms with E-state index >= 15 is 0 Å². The summed E-state index contributed by atoms with van der Waals surface area (Å²) in [7, 11) is 0. The molecule has 2 unspecified atom stereocenters. The van der Waals surface area contributed by atoms with Crippen LogP contribution in [0.2, 0.25) is 0 Å². The van der Waals surface area contributed by atoms with Crippen LogP contribution in [0.4, 0.5) is 0 Å². The molecule has 0 N–H and O–H groups in total. The fourth-order valence-corrected chi connectivity index (χ4v) is 8.73. The lowest BCUT2D eigenvalue weighted by molar-refractivity contribution is 0.669. The number of fused-ring (bicyclic) bond motifs is 6. The standard InChI is InChI=1S/C45H29N3OS/c1-2-12-28(13-3-1)31-14-4-5-16-35(31)44-46-43(47-45(48-44)37-20-10-19-34-33-15-6-8-21-38(33)49-42(34)37)30-26-24-29(25-27-30)32-18-11-23-40-41(32)36-17-7-9-22-39(36)50-40/h1-27,36,39H. The number of benzene rings is 6. The third-order valence-electron chi connectivity index (χ3n) is 9.73. The molecular formula is C45H29N3OS. The predicted octanol–water partition coefficient (Wildman–Crippen LogP) is 11.8. The van der Waals surface area contributed by atoms with Gasteiger partial charge >= 0.3 is 0 Å². The molecule has 236 valence electrons. The number of furan rings is 1. The summed E-state index contributed by atoms with van der Waals surface area (Å²) in [5.41, 5.74) is 10.4. The molecular weight excluding hydrogens is 631 g/mol. The fraction of sp³-hybridized carbons (Fsp3) is 0.0444. The Morgan fingerprint density at radius 3 is 1.96 bits per heavy atom. The highest BCUT2D eigenvalue weighted by Gasteiger charge is 2.33. The summed E-state index contributed by atoms with van der Waals surface area (Å²) in [6.45, 7) is 0. The molecule has 1 aliphatic carbocycles. The molecule has 0 saturated heterocycles. The number of allylic oxidation sites excluding steroid dienone is 3. The zero-order valence-corrected chi connectivity index (χ0v) is 27.7. The molecule has 3 heterocycles. The van der Waals surface area contributed by atoms with Crippen LogP contribution in [0.25, 0.3) is 78.4 Å². The maximum absolute atomic E-state index is 6.45. The van der Waals surface area contributed by atoms with Crippen LogP contribution in [0, 0.1) is 0 Å². The van der Waals surface area contributed by atoms with Crippen molar-refractivity contribution in [3.05, 3.63) is 169 Å². The summed E-state index contributed by atoms with van der Waals surface area (Å²) in [6.07, 6.45) is 9.00. The molecule has 8 aromatic rings. The zero-order valence-electron chi connectivity index (χ0n) is 26.9. The third kappa shape index (κ3) is 4.81. The first-order valence-electron chi connectivity index (χ1n) is 16.9. The molecule has 0 amide bonds. The van der Waals surface area contributed by atoms with Crippen LogP contribution < -0.4 is 0 Å². The Morgan fingerprint density at radius 1 is 0.460 bits per heavy atom. The van der Waals surface area contributed by atoms with E-state index in [0.29, 0.717) is 28.6 Å². The van der Waals surface area contributed by atoms with Crippen molar-refractivity contribution in [2.45, 2.75) is 16.1 Å². The summed E-state index contributed by atoms with van der Waals surface area (Å²) < 4.78 is 6.45. The van der Waals surface area contributed by atoms with Crippen LogP contribution in [0.1, 0.15) is 11.5 Å². The normalized spacial score (nSPS) is 16.2. The highest BCUT2D eigenvalue weighted by Crippen LogP contribution is 2.51. The van der Waals surface area contributed by atoms with Gasteiger partial charge in [-0.3, -0.25) is 0 Å². The van der Waals surface area contributed by atoms with Crippen LogP contribution in [0.3, 0.4) is 0 Å². The van der Waals surface area contributed by atoms with E-state index in [9.17, 15) is 0 Å². The smallest absolute Gasteiger partial charge is 0.167 e. The van der Waals surface area contributed by atoms with Gasteiger partial charge < -0.3 is 4.42 Å². The molecule has 1 aliphatic heterocycles. The lowest BCUT2D eigenvalue weighted by Crippen LogP contribution is -2.07. The van der Waals surface area contributed by atoms with Gasteiger partial charge in [0.2, 0.25) is 0 Å². The molecule has 0 saturated carbocycles. The Hall–Kier alpha value is -6.04. The Labute approximate surface area is 293 Å². The first-order chi connectivity index (χ1) is 24.8. The highest BCUT2D eigenvalue weighted by molar-refractivity contribution is 8.00. The van der Waals surface area contributed by atoms with Crippen molar-refractivity contribution in [2.75, 3.05) is 0 Å². The number of rotatable bonds is 5. The molecule has 2 aliphatic rings. The second kappa shape index (κ2) is 11.8. The molecule has 2 aromatic heterocycles. The predicted molar refractivity (Wildman–Crippen MR) is 205 cm³/mol. The molecule has 6 aromatic carbocycles. The quantitative estimate of drug-likeness (QED) is 0.184. The molecule has 0 spiro atoms. The van der Waals surface area contributed by atoms with E-state index in [4.69, 9.17) is 19.4 Å². The van der Waals surface area contributed by atoms with E-state index < -0.39 is 0 Å². The van der Waals surface area contributed by atoms with Gasteiger partial charge in [-0.2, -0.15) is 0 Å². The number of hydrogen-bond acceptors (Lipinski definition) is 5. The zero-order chi connectivity index (χ0) is 33.0. The number of hydrogen-bond donors (Lipinski definition) is 0. The largest absolute Gasteiger partial charge is 0.455 e. The minimum absolute atomic E-state index is 0.384. The minimum Gasteiger partial charge on any atom is -0.455 e. The second-order valence-electron chi connectivity index (χ2n) is 12.7. The van der Waals surface area contributed by atoms with E-state index in [0.717, 1.165) is 49.8 Å². The topological polar surface area (TPSA) is 51.8 Å².